The number of rotatable bonds is 4. The van der Waals surface area contributed by atoms with E-state index in [2.05, 4.69) is 15.7 Å². The predicted octanol–water partition coefficient (Wildman–Crippen LogP) is 1.77. The molecule has 0 aliphatic rings. The summed E-state index contributed by atoms with van der Waals surface area (Å²) < 4.78 is 18.6. The third-order valence-electron chi connectivity index (χ3n) is 2.58. The lowest BCUT2D eigenvalue weighted by Crippen LogP contribution is -2.15. The van der Waals surface area contributed by atoms with Gasteiger partial charge in [-0.2, -0.15) is 0 Å². The maximum absolute atomic E-state index is 13.6. The van der Waals surface area contributed by atoms with Gasteiger partial charge in [-0.3, -0.25) is 10.6 Å². The molecule has 0 radical (unpaired) electrons. The summed E-state index contributed by atoms with van der Waals surface area (Å²) in [4.78, 5) is 15.8. The maximum Gasteiger partial charge on any atom is 0.274 e. The molecule has 0 aliphatic heterocycles. The number of amides is 1. The summed E-state index contributed by atoms with van der Waals surface area (Å²) in [6.45, 7) is 0. The van der Waals surface area contributed by atoms with Gasteiger partial charge in [0.05, 0.1) is 24.7 Å². The monoisotopic (exact) mass is 276 g/mol. The Morgan fingerprint density at radius 2 is 2.15 bits per heavy atom. The summed E-state index contributed by atoms with van der Waals surface area (Å²) in [5.74, 6) is 4.56. The van der Waals surface area contributed by atoms with Gasteiger partial charge in [-0.05, 0) is 24.3 Å². The Hall–Kier alpha value is -2.67. The molecule has 20 heavy (non-hydrogen) atoms. The SMILES string of the molecule is COc1ccc(F)c(NC(=O)c2ccc(NN)cn2)c1. The second kappa shape index (κ2) is 5.98. The van der Waals surface area contributed by atoms with Crippen LogP contribution in [-0.4, -0.2) is 18.0 Å². The van der Waals surface area contributed by atoms with Gasteiger partial charge in [0.1, 0.15) is 17.3 Å². The molecule has 1 heterocycles. The number of nitrogens with one attached hydrogen (secondary N) is 2. The van der Waals surface area contributed by atoms with Crippen LogP contribution in [0.2, 0.25) is 0 Å². The first-order chi connectivity index (χ1) is 9.63. The van der Waals surface area contributed by atoms with E-state index in [1.807, 2.05) is 0 Å². The minimum absolute atomic E-state index is 0.0252. The molecule has 6 nitrogen and oxygen atoms in total. The number of hydrazine groups is 1. The minimum atomic E-state index is -0.556. The fraction of sp³-hybridized carbons (Fsp3) is 0.0769. The highest BCUT2D eigenvalue weighted by atomic mass is 19.1. The number of nitrogens with two attached hydrogens (primary N) is 1. The minimum Gasteiger partial charge on any atom is -0.497 e. The first kappa shape index (κ1) is 13.8. The van der Waals surface area contributed by atoms with Crippen LogP contribution < -0.4 is 21.3 Å². The van der Waals surface area contributed by atoms with Crippen molar-refractivity contribution in [1.29, 1.82) is 0 Å². The molecule has 0 unspecified atom stereocenters. The van der Waals surface area contributed by atoms with Crippen molar-refractivity contribution in [2.24, 2.45) is 5.84 Å². The van der Waals surface area contributed by atoms with Gasteiger partial charge < -0.3 is 15.5 Å². The first-order valence-electron chi connectivity index (χ1n) is 5.71. The lowest BCUT2D eigenvalue weighted by atomic mass is 10.2. The van der Waals surface area contributed by atoms with Crippen LogP contribution in [0, 0.1) is 5.82 Å². The molecule has 7 heteroatoms. The Morgan fingerprint density at radius 3 is 2.75 bits per heavy atom. The van der Waals surface area contributed by atoms with Crippen molar-refractivity contribution >= 4 is 17.3 Å². The summed E-state index contributed by atoms with van der Waals surface area (Å²) in [7, 11) is 1.46. The van der Waals surface area contributed by atoms with Crippen LogP contribution in [0.5, 0.6) is 5.75 Å². The average molecular weight is 276 g/mol. The van der Waals surface area contributed by atoms with Gasteiger partial charge in [-0.25, -0.2) is 9.37 Å². The Morgan fingerprint density at radius 1 is 1.35 bits per heavy atom. The number of anilines is 2. The molecule has 104 valence electrons. The molecule has 0 spiro atoms. The van der Waals surface area contributed by atoms with E-state index in [0.29, 0.717) is 11.4 Å². The molecule has 2 rings (SSSR count). The zero-order chi connectivity index (χ0) is 14.5. The Labute approximate surface area is 114 Å². The molecule has 1 aromatic carbocycles. The number of carbonyl (C=O) groups excluding carboxylic acids is 1. The smallest absolute Gasteiger partial charge is 0.274 e. The van der Waals surface area contributed by atoms with Crippen molar-refractivity contribution in [3.63, 3.8) is 0 Å². The topological polar surface area (TPSA) is 89.3 Å². The second-order valence-corrected chi connectivity index (χ2v) is 3.88. The van der Waals surface area contributed by atoms with E-state index in [0.717, 1.165) is 0 Å². The highest BCUT2D eigenvalue weighted by Crippen LogP contribution is 2.21. The molecule has 0 bridgehead atoms. The molecule has 1 amide bonds. The van der Waals surface area contributed by atoms with E-state index in [1.54, 1.807) is 6.07 Å². The molecule has 0 fully saturated rings. The van der Waals surface area contributed by atoms with E-state index in [-0.39, 0.29) is 11.4 Å². The van der Waals surface area contributed by atoms with E-state index in [4.69, 9.17) is 10.6 Å². The third-order valence-corrected chi connectivity index (χ3v) is 2.58. The summed E-state index contributed by atoms with van der Waals surface area (Å²) in [5.41, 5.74) is 3.13. The second-order valence-electron chi connectivity index (χ2n) is 3.88. The summed E-state index contributed by atoms with van der Waals surface area (Å²) >= 11 is 0. The first-order valence-corrected chi connectivity index (χ1v) is 5.71. The molecule has 2 aromatic rings. The zero-order valence-corrected chi connectivity index (χ0v) is 10.7. The van der Waals surface area contributed by atoms with Crippen molar-refractivity contribution in [2.45, 2.75) is 0 Å². The standard InChI is InChI=1S/C13H13FN4O2/c1-20-9-3-4-10(14)12(6-9)17-13(19)11-5-2-8(18-15)7-16-11/h2-7,18H,15H2,1H3,(H,17,19). The van der Waals surface area contributed by atoms with Crippen LogP contribution in [0.25, 0.3) is 0 Å². The van der Waals surface area contributed by atoms with Crippen molar-refractivity contribution in [3.8, 4) is 5.75 Å². The van der Waals surface area contributed by atoms with Crippen LogP contribution in [0.15, 0.2) is 36.5 Å². The maximum atomic E-state index is 13.6. The number of halogens is 1. The number of hydrogen-bond donors (Lipinski definition) is 3. The lowest BCUT2D eigenvalue weighted by Gasteiger charge is -2.08. The number of nitrogens with zero attached hydrogens (tertiary/aromatic N) is 1. The van der Waals surface area contributed by atoms with Crippen LogP contribution in [-0.2, 0) is 0 Å². The van der Waals surface area contributed by atoms with Gasteiger partial charge in [-0.1, -0.05) is 0 Å². The van der Waals surface area contributed by atoms with Crippen molar-refractivity contribution < 1.29 is 13.9 Å². The largest absolute Gasteiger partial charge is 0.497 e. The molecule has 0 atom stereocenters. The van der Waals surface area contributed by atoms with E-state index in [1.165, 1.54) is 37.6 Å². The Bertz CT molecular complexity index is 616. The number of aromatic nitrogens is 1. The van der Waals surface area contributed by atoms with Crippen molar-refractivity contribution in [3.05, 3.63) is 48.0 Å². The average Bonchev–Trinajstić information content (AvgIpc) is 2.49. The third kappa shape index (κ3) is 3.01. The fourth-order valence-corrected chi connectivity index (χ4v) is 1.53. The number of ether oxygens (including phenoxy) is 1. The quantitative estimate of drug-likeness (QED) is 0.585. The van der Waals surface area contributed by atoms with Gasteiger partial charge in [-0.15, -0.1) is 0 Å². The lowest BCUT2D eigenvalue weighted by molar-refractivity contribution is 0.102. The number of benzene rings is 1. The van der Waals surface area contributed by atoms with Gasteiger partial charge in [0.15, 0.2) is 0 Å². The zero-order valence-electron chi connectivity index (χ0n) is 10.7. The summed E-state index contributed by atoms with van der Waals surface area (Å²) in [6.07, 6.45) is 1.40. The van der Waals surface area contributed by atoms with Crippen LogP contribution in [0.1, 0.15) is 10.5 Å². The van der Waals surface area contributed by atoms with Gasteiger partial charge in [0, 0.05) is 6.07 Å². The van der Waals surface area contributed by atoms with Gasteiger partial charge in [0.2, 0.25) is 0 Å². The fourth-order valence-electron chi connectivity index (χ4n) is 1.53. The van der Waals surface area contributed by atoms with E-state index < -0.39 is 11.7 Å². The number of pyridine rings is 1. The highest BCUT2D eigenvalue weighted by Gasteiger charge is 2.11. The molecular weight excluding hydrogens is 263 g/mol. The van der Waals surface area contributed by atoms with Crippen LogP contribution in [0.3, 0.4) is 0 Å². The number of methoxy groups -OCH3 is 1. The molecule has 1 aromatic heterocycles. The molecular formula is C13H13FN4O2. The van der Waals surface area contributed by atoms with Crippen LogP contribution in [0.4, 0.5) is 15.8 Å². The Balaban J connectivity index is 2.18. The molecule has 0 saturated heterocycles. The number of nitrogen functional groups attached to an aromatic ring is 1. The highest BCUT2D eigenvalue weighted by molar-refractivity contribution is 6.03. The number of carbonyl (C=O) groups is 1. The van der Waals surface area contributed by atoms with Gasteiger partial charge in [0.25, 0.3) is 5.91 Å². The molecule has 4 N–H and O–H groups in total. The Kier molecular flexibility index (Phi) is 4.11. The van der Waals surface area contributed by atoms with Gasteiger partial charge >= 0.3 is 0 Å². The summed E-state index contributed by atoms with van der Waals surface area (Å²) in [6, 6.07) is 7.13. The number of hydrogen-bond acceptors (Lipinski definition) is 5. The van der Waals surface area contributed by atoms with E-state index in [9.17, 15) is 9.18 Å². The van der Waals surface area contributed by atoms with E-state index >= 15 is 0 Å². The van der Waals surface area contributed by atoms with Crippen LogP contribution >= 0.6 is 0 Å². The summed E-state index contributed by atoms with van der Waals surface area (Å²) in [5, 5.41) is 2.43. The predicted molar refractivity (Wildman–Crippen MR) is 73.0 cm³/mol. The molecule has 0 saturated carbocycles. The van der Waals surface area contributed by atoms with Crippen molar-refractivity contribution in [2.75, 3.05) is 17.9 Å². The molecule has 0 aliphatic carbocycles. The van der Waals surface area contributed by atoms with Crippen molar-refractivity contribution in [1.82, 2.24) is 4.98 Å². The normalized spacial score (nSPS) is 9.95.